The molecule has 2 atom stereocenters. The van der Waals surface area contributed by atoms with E-state index in [-0.39, 0.29) is 30.2 Å². The van der Waals surface area contributed by atoms with Crippen LogP contribution in [0.4, 0.5) is 5.69 Å². The lowest BCUT2D eigenvalue weighted by atomic mass is 10.0. The van der Waals surface area contributed by atoms with Gasteiger partial charge in [-0.1, -0.05) is 91.3 Å². The van der Waals surface area contributed by atoms with Gasteiger partial charge in [0.25, 0.3) is 5.91 Å². The van der Waals surface area contributed by atoms with Crippen LogP contribution in [0.5, 0.6) is 0 Å². The number of hydrogen-bond acceptors (Lipinski definition) is 3. The lowest BCUT2D eigenvalue weighted by Gasteiger charge is -2.32. The maximum Gasteiger partial charge on any atom is 0.258 e. The van der Waals surface area contributed by atoms with Crippen molar-refractivity contribution in [1.82, 2.24) is 10.2 Å². The van der Waals surface area contributed by atoms with Crippen LogP contribution in [-0.4, -0.2) is 41.2 Å². The molecule has 6 nitrogen and oxygen atoms in total. The van der Waals surface area contributed by atoms with Crippen LogP contribution in [0.3, 0.4) is 0 Å². The highest BCUT2D eigenvalue weighted by molar-refractivity contribution is 6.25. The van der Waals surface area contributed by atoms with Gasteiger partial charge in [-0.25, -0.2) is 0 Å². The van der Waals surface area contributed by atoms with Crippen molar-refractivity contribution in [1.29, 1.82) is 0 Å². The van der Waals surface area contributed by atoms with Gasteiger partial charge in [-0.15, -0.1) is 0 Å². The van der Waals surface area contributed by atoms with Gasteiger partial charge in [-0.2, -0.15) is 0 Å². The highest BCUT2D eigenvalue weighted by Crippen LogP contribution is 2.37. The Kier molecular flexibility index (Phi) is 9.01. The molecule has 0 aliphatic carbocycles. The number of rotatable bonds is 12. The van der Waals surface area contributed by atoms with Gasteiger partial charge in [-0.05, 0) is 55.3 Å². The second-order valence-corrected chi connectivity index (χ2v) is 11.3. The predicted molar refractivity (Wildman–Crippen MR) is 168 cm³/mol. The number of benzene rings is 4. The fourth-order valence-corrected chi connectivity index (χ4v) is 5.74. The summed E-state index contributed by atoms with van der Waals surface area (Å²) >= 11 is 0. The minimum Gasteiger partial charge on any atom is -0.352 e. The summed E-state index contributed by atoms with van der Waals surface area (Å²) < 4.78 is 0. The zero-order chi connectivity index (χ0) is 29.6. The molecule has 42 heavy (non-hydrogen) atoms. The third-order valence-electron chi connectivity index (χ3n) is 8.13. The van der Waals surface area contributed by atoms with Crippen LogP contribution in [0.15, 0.2) is 91.0 Å². The molecule has 1 heterocycles. The number of carbonyl (C=O) groups is 3. The molecule has 0 spiro atoms. The molecule has 216 valence electrons. The van der Waals surface area contributed by atoms with Gasteiger partial charge >= 0.3 is 0 Å². The van der Waals surface area contributed by atoms with Crippen LogP contribution < -0.4 is 10.2 Å². The predicted octanol–water partition coefficient (Wildman–Crippen LogP) is 6.44. The summed E-state index contributed by atoms with van der Waals surface area (Å²) in [6, 6.07) is 29.0. The molecular formula is C36H39N3O3. The molecule has 6 heteroatoms. The summed E-state index contributed by atoms with van der Waals surface area (Å²) in [5.74, 6) is -0.272. The first-order valence-corrected chi connectivity index (χ1v) is 14.9. The van der Waals surface area contributed by atoms with Crippen molar-refractivity contribution in [3.8, 4) is 0 Å². The first-order chi connectivity index (χ1) is 20.4. The Morgan fingerprint density at radius 3 is 2.36 bits per heavy atom. The average Bonchev–Trinajstić information content (AvgIpc) is 3.27. The molecule has 0 fully saturated rings. The molecule has 0 radical (unpaired) electrons. The van der Waals surface area contributed by atoms with E-state index < -0.39 is 6.04 Å². The van der Waals surface area contributed by atoms with E-state index in [1.165, 1.54) is 0 Å². The Balaban J connectivity index is 1.38. The molecule has 4 aromatic rings. The van der Waals surface area contributed by atoms with Crippen molar-refractivity contribution >= 4 is 34.2 Å². The van der Waals surface area contributed by atoms with Crippen molar-refractivity contribution in [3.05, 3.63) is 113 Å². The first-order valence-electron chi connectivity index (χ1n) is 14.9. The summed E-state index contributed by atoms with van der Waals surface area (Å²) in [6.45, 7) is 6.80. The molecule has 3 amide bonds. The molecular weight excluding hydrogens is 522 g/mol. The van der Waals surface area contributed by atoms with E-state index in [4.69, 9.17) is 0 Å². The number of hydrogen-bond donors (Lipinski definition) is 1. The van der Waals surface area contributed by atoms with Crippen LogP contribution in [0.2, 0.25) is 0 Å². The van der Waals surface area contributed by atoms with Crippen LogP contribution in [0.1, 0.15) is 60.2 Å². The van der Waals surface area contributed by atoms with E-state index in [0.29, 0.717) is 31.5 Å². The number of nitrogens with zero attached hydrogens (tertiary/aromatic N) is 2. The number of amides is 3. The summed E-state index contributed by atoms with van der Waals surface area (Å²) in [7, 11) is 0. The Morgan fingerprint density at radius 1 is 0.905 bits per heavy atom. The molecule has 1 aliphatic heterocycles. The Hall–Kier alpha value is -4.45. The van der Waals surface area contributed by atoms with Crippen molar-refractivity contribution < 1.29 is 14.4 Å². The van der Waals surface area contributed by atoms with E-state index in [1.54, 1.807) is 9.80 Å². The van der Waals surface area contributed by atoms with Gasteiger partial charge in [0.2, 0.25) is 11.8 Å². The lowest BCUT2D eigenvalue weighted by molar-refractivity contribution is -0.141. The molecule has 0 aromatic heterocycles. The maximum atomic E-state index is 14.0. The number of nitrogens with one attached hydrogen (secondary N) is 1. The average molecular weight is 562 g/mol. The van der Waals surface area contributed by atoms with E-state index >= 15 is 0 Å². The normalized spacial score (nSPS) is 13.7. The molecule has 0 saturated heterocycles. The molecule has 5 rings (SSSR count). The van der Waals surface area contributed by atoms with Gasteiger partial charge in [0, 0.05) is 42.9 Å². The zero-order valence-corrected chi connectivity index (χ0v) is 24.7. The Labute approximate surface area is 248 Å². The van der Waals surface area contributed by atoms with Crippen molar-refractivity contribution in [2.75, 3.05) is 11.4 Å². The highest BCUT2D eigenvalue weighted by Gasteiger charge is 2.32. The minimum atomic E-state index is -0.666. The molecule has 0 unspecified atom stereocenters. The molecule has 4 aromatic carbocycles. The van der Waals surface area contributed by atoms with Gasteiger partial charge in [-0.3, -0.25) is 14.4 Å². The second-order valence-electron chi connectivity index (χ2n) is 11.3. The quantitative estimate of drug-likeness (QED) is 0.216. The van der Waals surface area contributed by atoms with Crippen LogP contribution in [0.25, 0.3) is 10.8 Å². The van der Waals surface area contributed by atoms with Gasteiger partial charge in [0.05, 0.1) is 5.69 Å². The summed E-state index contributed by atoms with van der Waals surface area (Å²) in [5.41, 5.74) is 4.68. The van der Waals surface area contributed by atoms with Crippen LogP contribution in [-0.2, 0) is 22.6 Å². The van der Waals surface area contributed by atoms with Crippen LogP contribution >= 0.6 is 0 Å². The number of carbonyl (C=O) groups excluding carboxylic acids is 3. The number of aryl methyl sites for hydroxylation is 1. The molecule has 0 saturated carbocycles. The van der Waals surface area contributed by atoms with Crippen molar-refractivity contribution in [2.24, 2.45) is 0 Å². The van der Waals surface area contributed by atoms with E-state index in [9.17, 15) is 14.4 Å². The first kappa shape index (κ1) is 29.1. The monoisotopic (exact) mass is 561 g/mol. The minimum absolute atomic E-state index is 0.00258. The van der Waals surface area contributed by atoms with Gasteiger partial charge in [0.15, 0.2) is 0 Å². The van der Waals surface area contributed by atoms with E-state index in [0.717, 1.165) is 39.6 Å². The van der Waals surface area contributed by atoms with Gasteiger partial charge < -0.3 is 15.1 Å². The maximum absolute atomic E-state index is 14.0. The molecule has 0 bridgehead atoms. The third-order valence-corrected chi connectivity index (χ3v) is 8.13. The van der Waals surface area contributed by atoms with Crippen LogP contribution in [0, 0.1) is 6.92 Å². The fraction of sp³-hybridized carbons (Fsp3) is 0.306. The molecule has 1 N–H and O–H groups in total. The Morgan fingerprint density at radius 2 is 1.62 bits per heavy atom. The SMILES string of the molecule is CC[C@@H](C)NC(=O)[C@@H](Cc1ccccc1)N(Cc1cccc(C)c1)C(=O)CCCN1C(=O)c2cccc3cccc1c23. The lowest BCUT2D eigenvalue weighted by Crippen LogP contribution is -2.52. The smallest absolute Gasteiger partial charge is 0.258 e. The summed E-state index contributed by atoms with van der Waals surface area (Å²) in [5, 5.41) is 5.14. The van der Waals surface area contributed by atoms with E-state index in [1.807, 2.05) is 106 Å². The summed E-state index contributed by atoms with van der Waals surface area (Å²) in [4.78, 5) is 44.5. The molecule has 1 aliphatic rings. The topological polar surface area (TPSA) is 69.7 Å². The number of anilines is 1. The van der Waals surface area contributed by atoms with Crippen molar-refractivity contribution in [3.63, 3.8) is 0 Å². The van der Waals surface area contributed by atoms with E-state index in [2.05, 4.69) is 11.4 Å². The second kappa shape index (κ2) is 13.0. The summed E-state index contributed by atoms with van der Waals surface area (Å²) in [6.07, 6.45) is 1.94. The fourth-order valence-electron chi connectivity index (χ4n) is 5.74. The van der Waals surface area contributed by atoms with Crippen molar-refractivity contribution in [2.45, 2.75) is 65.1 Å². The largest absolute Gasteiger partial charge is 0.352 e. The Bertz CT molecular complexity index is 1580. The third kappa shape index (κ3) is 6.38. The zero-order valence-electron chi connectivity index (χ0n) is 24.7. The highest BCUT2D eigenvalue weighted by atomic mass is 16.2. The van der Waals surface area contributed by atoms with Gasteiger partial charge in [0.1, 0.15) is 6.04 Å². The standard InChI is InChI=1S/C36H39N3O3/c1-4-26(3)37-35(41)32(23-27-13-6-5-7-14-27)39(24-28-15-8-12-25(2)22-28)33(40)20-11-21-38-31-19-10-17-29-16-9-18-30(34(29)31)36(38)42/h5-10,12-19,22,26,32H,4,11,20-21,23-24H2,1-3H3,(H,37,41)/t26-,32-/m1/s1.